The highest BCUT2D eigenvalue weighted by Gasteiger charge is 2.35. The molecule has 1 aliphatic carbocycles. The molecule has 0 spiro atoms. The average molecular weight is 286 g/mol. The molecule has 2 aromatic rings. The van der Waals surface area contributed by atoms with Crippen molar-refractivity contribution < 1.29 is 0 Å². The minimum absolute atomic E-state index is 0.595. The molecule has 2 unspecified atom stereocenters. The van der Waals surface area contributed by atoms with Crippen LogP contribution in [-0.2, 0) is 0 Å². The summed E-state index contributed by atoms with van der Waals surface area (Å²) in [7, 11) is 2.29. The fourth-order valence-electron chi connectivity index (χ4n) is 3.56. The van der Waals surface area contributed by atoms with Gasteiger partial charge in [0.15, 0.2) is 0 Å². The summed E-state index contributed by atoms with van der Waals surface area (Å²) in [6.07, 6.45) is 4.09. The van der Waals surface area contributed by atoms with Gasteiger partial charge in [0, 0.05) is 23.3 Å². The van der Waals surface area contributed by atoms with E-state index in [1.165, 1.54) is 42.4 Å². The molecule has 2 atom stereocenters. The number of hydrogen-bond donors (Lipinski definition) is 1. The fourth-order valence-corrected chi connectivity index (χ4v) is 4.55. The first-order valence-electron chi connectivity index (χ1n) is 7.72. The Kier molecular flexibility index (Phi) is 3.29. The maximum Gasteiger partial charge on any atom is 0.0400 e. The molecule has 2 fully saturated rings. The van der Waals surface area contributed by atoms with Gasteiger partial charge in [0.2, 0.25) is 0 Å². The van der Waals surface area contributed by atoms with Gasteiger partial charge in [0.05, 0.1) is 0 Å². The van der Waals surface area contributed by atoms with Gasteiger partial charge in [0.1, 0.15) is 0 Å². The zero-order valence-corrected chi connectivity index (χ0v) is 12.8. The first kappa shape index (κ1) is 12.8. The molecule has 0 radical (unpaired) electrons. The molecule has 1 saturated carbocycles. The van der Waals surface area contributed by atoms with E-state index in [4.69, 9.17) is 0 Å². The number of hydrogen-bond acceptors (Lipinski definition) is 3. The predicted octanol–water partition coefficient (Wildman–Crippen LogP) is 3.65. The van der Waals surface area contributed by atoms with Gasteiger partial charge in [0.25, 0.3) is 0 Å². The van der Waals surface area contributed by atoms with E-state index < -0.39 is 0 Å². The molecule has 1 aromatic carbocycles. The van der Waals surface area contributed by atoms with Crippen molar-refractivity contribution >= 4 is 21.4 Å². The van der Waals surface area contributed by atoms with Crippen LogP contribution >= 0.6 is 11.3 Å². The second-order valence-electron chi connectivity index (χ2n) is 6.34. The first-order chi connectivity index (χ1) is 9.83. The van der Waals surface area contributed by atoms with Crippen molar-refractivity contribution in [2.75, 3.05) is 20.1 Å². The SMILES string of the molecule is CN1CCC(CNC2CC2)C1c1csc2ccccc12. The number of benzene rings is 1. The van der Waals surface area contributed by atoms with E-state index in [2.05, 4.69) is 46.9 Å². The minimum Gasteiger partial charge on any atom is -0.314 e. The van der Waals surface area contributed by atoms with Gasteiger partial charge in [-0.05, 0) is 61.2 Å². The molecule has 3 heteroatoms. The van der Waals surface area contributed by atoms with Crippen LogP contribution in [0, 0.1) is 5.92 Å². The molecule has 1 aliphatic heterocycles. The van der Waals surface area contributed by atoms with Gasteiger partial charge in [-0.15, -0.1) is 11.3 Å². The van der Waals surface area contributed by atoms with Gasteiger partial charge < -0.3 is 5.32 Å². The summed E-state index contributed by atoms with van der Waals surface area (Å²) < 4.78 is 1.43. The van der Waals surface area contributed by atoms with Gasteiger partial charge >= 0.3 is 0 Å². The smallest absolute Gasteiger partial charge is 0.0400 e. The molecule has 4 rings (SSSR count). The minimum atomic E-state index is 0.595. The Morgan fingerprint density at radius 2 is 2.10 bits per heavy atom. The van der Waals surface area contributed by atoms with E-state index in [0.717, 1.165) is 12.0 Å². The highest BCUT2D eigenvalue weighted by Crippen LogP contribution is 2.41. The summed E-state index contributed by atoms with van der Waals surface area (Å²) in [5, 5.41) is 7.59. The summed E-state index contributed by atoms with van der Waals surface area (Å²) in [6, 6.07) is 10.3. The van der Waals surface area contributed by atoms with Crippen molar-refractivity contribution in [1.82, 2.24) is 10.2 Å². The van der Waals surface area contributed by atoms with E-state index in [9.17, 15) is 0 Å². The van der Waals surface area contributed by atoms with Crippen molar-refractivity contribution in [3.05, 3.63) is 35.2 Å². The fraction of sp³-hybridized carbons (Fsp3) is 0.529. The third kappa shape index (κ3) is 2.28. The zero-order valence-electron chi connectivity index (χ0n) is 12.0. The van der Waals surface area contributed by atoms with Crippen LogP contribution in [0.4, 0.5) is 0 Å². The number of nitrogens with one attached hydrogen (secondary N) is 1. The van der Waals surface area contributed by atoms with Gasteiger partial charge in [-0.3, -0.25) is 4.90 Å². The highest BCUT2D eigenvalue weighted by atomic mass is 32.1. The third-order valence-electron chi connectivity index (χ3n) is 4.85. The molecule has 1 saturated heterocycles. The summed E-state index contributed by atoms with van der Waals surface area (Å²) >= 11 is 1.89. The third-order valence-corrected chi connectivity index (χ3v) is 5.83. The van der Waals surface area contributed by atoms with Crippen molar-refractivity contribution in [2.24, 2.45) is 5.92 Å². The van der Waals surface area contributed by atoms with Crippen LogP contribution in [0.5, 0.6) is 0 Å². The maximum atomic E-state index is 3.74. The zero-order chi connectivity index (χ0) is 13.5. The van der Waals surface area contributed by atoms with Gasteiger partial charge in [-0.25, -0.2) is 0 Å². The van der Waals surface area contributed by atoms with Crippen LogP contribution in [0.15, 0.2) is 29.6 Å². The van der Waals surface area contributed by atoms with Crippen LogP contribution in [0.1, 0.15) is 30.9 Å². The maximum absolute atomic E-state index is 3.74. The van der Waals surface area contributed by atoms with Crippen molar-refractivity contribution in [1.29, 1.82) is 0 Å². The number of fused-ring (bicyclic) bond motifs is 1. The summed E-state index contributed by atoms with van der Waals surface area (Å²) in [6.45, 7) is 2.41. The van der Waals surface area contributed by atoms with E-state index in [0.29, 0.717) is 6.04 Å². The molecule has 0 bridgehead atoms. The first-order valence-corrected chi connectivity index (χ1v) is 8.60. The van der Waals surface area contributed by atoms with Crippen LogP contribution < -0.4 is 5.32 Å². The van der Waals surface area contributed by atoms with Crippen LogP contribution in [0.2, 0.25) is 0 Å². The average Bonchev–Trinajstić information content (AvgIpc) is 3.10. The highest BCUT2D eigenvalue weighted by molar-refractivity contribution is 7.17. The van der Waals surface area contributed by atoms with Crippen LogP contribution in [0.25, 0.3) is 10.1 Å². The molecular weight excluding hydrogens is 264 g/mol. The number of nitrogens with zero attached hydrogens (tertiary/aromatic N) is 1. The van der Waals surface area contributed by atoms with E-state index in [1.54, 1.807) is 5.56 Å². The topological polar surface area (TPSA) is 15.3 Å². The lowest BCUT2D eigenvalue weighted by atomic mass is 9.93. The predicted molar refractivity (Wildman–Crippen MR) is 86.3 cm³/mol. The summed E-state index contributed by atoms with van der Waals surface area (Å²) in [5.74, 6) is 0.763. The molecular formula is C17H22N2S. The Morgan fingerprint density at radius 1 is 1.25 bits per heavy atom. The Bertz CT molecular complexity index is 602. The lowest BCUT2D eigenvalue weighted by Gasteiger charge is -2.25. The Balaban J connectivity index is 1.62. The Labute approximate surface area is 124 Å². The Hall–Kier alpha value is -0.900. The quantitative estimate of drug-likeness (QED) is 0.923. The largest absolute Gasteiger partial charge is 0.314 e. The van der Waals surface area contributed by atoms with E-state index in [-0.39, 0.29) is 0 Å². The summed E-state index contributed by atoms with van der Waals surface area (Å²) in [5.41, 5.74) is 1.55. The van der Waals surface area contributed by atoms with Gasteiger partial charge in [-0.2, -0.15) is 0 Å². The van der Waals surface area contributed by atoms with Gasteiger partial charge in [-0.1, -0.05) is 18.2 Å². The Morgan fingerprint density at radius 3 is 2.95 bits per heavy atom. The number of rotatable bonds is 4. The molecule has 0 amide bonds. The molecule has 20 heavy (non-hydrogen) atoms. The molecule has 2 aliphatic rings. The number of thiophene rings is 1. The standard InChI is InChI=1S/C17H22N2S/c1-19-9-8-12(10-18-13-6-7-13)17(19)15-11-20-16-5-3-2-4-14(15)16/h2-5,11-13,17-18H,6-10H2,1H3. The lowest BCUT2D eigenvalue weighted by molar-refractivity contribution is 0.274. The van der Waals surface area contributed by atoms with E-state index >= 15 is 0 Å². The number of likely N-dealkylation sites (tertiary alicyclic amines) is 1. The van der Waals surface area contributed by atoms with Crippen LogP contribution in [0.3, 0.4) is 0 Å². The molecule has 1 N–H and O–H groups in total. The van der Waals surface area contributed by atoms with Crippen molar-refractivity contribution in [2.45, 2.75) is 31.3 Å². The molecule has 106 valence electrons. The normalized spacial score (nSPS) is 27.4. The summed E-state index contributed by atoms with van der Waals surface area (Å²) in [4.78, 5) is 2.55. The second-order valence-corrected chi connectivity index (χ2v) is 7.26. The monoisotopic (exact) mass is 286 g/mol. The van der Waals surface area contributed by atoms with E-state index in [1.807, 2.05) is 11.3 Å². The molecule has 2 heterocycles. The molecule has 2 nitrogen and oxygen atoms in total. The van der Waals surface area contributed by atoms with Crippen molar-refractivity contribution in [3.63, 3.8) is 0 Å². The van der Waals surface area contributed by atoms with Crippen molar-refractivity contribution in [3.8, 4) is 0 Å². The molecule has 1 aromatic heterocycles. The van der Waals surface area contributed by atoms with Crippen LogP contribution in [-0.4, -0.2) is 31.1 Å². The second kappa shape index (κ2) is 5.14. The lowest BCUT2D eigenvalue weighted by Crippen LogP contribution is -2.29.